The van der Waals surface area contributed by atoms with E-state index >= 15 is 0 Å². The Morgan fingerprint density at radius 2 is 1.91 bits per heavy atom. The highest BCUT2D eigenvalue weighted by molar-refractivity contribution is 5.78. The van der Waals surface area contributed by atoms with Gasteiger partial charge in [-0.1, -0.05) is 30.3 Å². The van der Waals surface area contributed by atoms with Gasteiger partial charge in [-0.25, -0.2) is 5.06 Å². The lowest BCUT2D eigenvalue weighted by molar-refractivity contribution is -0.180. The zero-order chi connectivity index (χ0) is 15.7. The summed E-state index contributed by atoms with van der Waals surface area (Å²) in [5.41, 5.74) is 0.738. The lowest BCUT2D eigenvalue weighted by Gasteiger charge is -2.33. The Morgan fingerprint density at radius 3 is 2.55 bits per heavy atom. The number of benzene rings is 1. The first kappa shape index (κ1) is 15.5. The fraction of sp³-hybridized carbons (Fsp3) is 0.588. The van der Waals surface area contributed by atoms with Gasteiger partial charge in [0.1, 0.15) is 0 Å². The van der Waals surface area contributed by atoms with E-state index in [1.807, 2.05) is 25.1 Å². The zero-order valence-electron chi connectivity index (χ0n) is 13.4. The number of hydroxylamine groups is 2. The monoisotopic (exact) mass is 303 g/mol. The van der Waals surface area contributed by atoms with Crippen molar-refractivity contribution < 1.29 is 10.0 Å². The zero-order valence-corrected chi connectivity index (χ0v) is 13.4. The van der Waals surface area contributed by atoms with Crippen LogP contribution in [0.4, 0.5) is 0 Å². The first-order chi connectivity index (χ1) is 10.5. The topological polar surface area (TPSA) is 47.0 Å². The molecule has 0 radical (unpaired) electrons. The van der Waals surface area contributed by atoms with Crippen LogP contribution in [-0.2, 0) is 4.79 Å². The number of hydrogen-bond donors (Lipinski definition) is 1. The summed E-state index contributed by atoms with van der Waals surface area (Å²) in [4.78, 5) is 16.8. The molecule has 2 fully saturated rings. The molecule has 0 unspecified atom stereocenters. The maximum Gasteiger partial charge on any atom is 0.260 e. The Labute approximate surface area is 132 Å². The molecule has 22 heavy (non-hydrogen) atoms. The van der Waals surface area contributed by atoms with Gasteiger partial charge < -0.3 is 4.90 Å². The average molecular weight is 303 g/mol. The van der Waals surface area contributed by atoms with Gasteiger partial charge >= 0.3 is 0 Å². The van der Waals surface area contributed by atoms with Crippen LogP contribution in [0.3, 0.4) is 0 Å². The van der Waals surface area contributed by atoms with Crippen LogP contribution in [0.15, 0.2) is 30.3 Å². The molecule has 5 nitrogen and oxygen atoms in total. The fourth-order valence-corrected chi connectivity index (χ4v) is 3.30. The predicted molar refractivity (Wildman–Crippen MR) is 84.8 cm³/mol. The number of carbonyl (C=O) groups is 1. The number of carbonyl (C=O) groups excluding carboxylic acids is 1. The Hall–Kier alpha value is -1.43. The molecule has 1 saturated heterocycles. The Balaban J connectivity index is 1.57. The average Bonchev–Trinajstić information content (AvgIpc) is 3.23. The molecule has 1 saturated carbocycles. The SMILES string of the molecule is CN1CCN(CC(=O)N(O)[C@@]2(C)C[C@@H]2c2ccccc2)CC1. The summed E-state index contributed by atoms with van der Waals surface area (Å²) in [5.74, 6) is 0.0422. The second-order valence-electron chi connectivity index (χ2n) is 6.81. The Kier molecular flexibility index (Phi) is 4.21. The summed E-state index contributed by atoms with van der Waals surface area (Å²) in [6.07, 6.45) is 0.821. The smallest absolute Gasteiger partial charge is 0.260 e. The molecule has 1 amide bonds. The normalized spacial score (nSPS) is 29.3. The van der Waals surface area contributed by atoms with Crippen LogP contribution in [0.2, 0.25) is 0 Å². The minimum absolute atomic E-state index is 0.189. The quantitative estimate of drug-likeness (QED) is 0.675. The molecule has 2 atom stereocenters. The molecule has 1 aromatic carbocycles. The van der Waals surface area contributed by atoms with Crippen LogP contribution >= 0.6 is 0 Å². The summed E-state index contributed by atoms with van der Waals surface area (Å²) in [5, 5.41) is 11.4. The van der Waals surface area contributed by atoms with Gasteiger partial charge in [0.25, 0.3) is 5.91 Å². The van der Waals surface area contributed by atoms with Crippen LogP contribution in [0.25, 0.3) is 0 Å². The second-order valence-corrected chi connectivity index (χ2v) is 6.81. The van der Waals surface area contributed by atoms with Crippen molar-refractivity contribution in [3.8, 4) is 0 Å². The highest BCUT2D eigenvalue weighted by atomic mass is 16.5. The third kappa shape index (κ3) is 3.02. The molecule has 1 N–H and O–H groups in total. The third-order valence-corrected chi connectivity index (χ3v) is 5.08. The van der Waals surface area contributed by atoms with Gasteiger partial charge in [0, 0.05) is 32.1 Å². The second kappa shape index (κ2) is 5.99. The minimum atomic E-state index is -0.453. The summed E-state index contributed by atoms with van der Waals surface area (Å²) >= 11 is 0. The molecule has 2 aliphatic rings. The van der Waals surface area contributed by atoms with Crippen molar-refractivity contribution in [2.45, 2.75) is 24.8 Å². The predicted octanol–water partition coefficient (Wildman–Crippen LogP) is 1.40. The van der Waals surface area contributed by atoms with Crippen molar-refractivity contribution in [1.29, 1.82) is 0 Å². The van der Waals surface area contributed by atoms with E-state index < -0.39 is 5.54 Å². The first-order valence-electron chi connectivity index (χ1n) is 7.98. The first-order valence-corrected chi connectivity index (χ1v) is 7.98. The molecule has 5 heteroatoms. The highest BCUT2D eigenvalue weighted by Crippen LogP contribution is 2.54. The van der Waals surface area contributed by atoms with E-state index in [9.17, 15) is 10.0 Å². The van der Waals surface area contributed by atoms with Crippen LogP contribution in [0.1, 0.15) is 24.8 Å². The van der Waals surface area contributed by atoms with Gasteiger partial charge in [-0.05, 0) is 26.0 Å². The van der Waals surface area contributed by atoms with Crippen LogP contribution in [0.5, 0.6) is 0 Å². The number of nitrogens with zero attached hydrogens (tertiary/aromatic N) is 3. The van der Waals surface area contributed by atoms with Gasteiger partial charge in [0.05, 0.1) is 12.1 Å². The van der Waals surface area contributed by atoms with Crippen molar-refractivity contribution in [2.24, 2.45) is 0 Å². The molecule has 0 bridgehead atoms. The van der Waals surface area contributed by atoms with Crippen molar-refractivity contribution >= 4 is 5.91 Å². The molecule has 1 aliphatic heterocycles. The molecule has 1 aromatic rings. The minimum Gasteiger partial charge on any atom is -0.304 e. The lowest BCUT2D eigenvalue weighted by Crippen LogP contribution is -2.50. The van der Waals surface area contributed by atoms with Crippen molar-refractivity contribution in [1.82, 2.24) is 14.9 Å². The number of amides is 1. The molecule has 120 valence electrons. The lowest BCUT2D eigenvalue weighted by atomic mass is 10.1. The van der Waals surface area contributed by atoms with Gasteiger partial charge in [0.15, 0.2) is 0 Å². The summed E-state index contributed by atoms with van der Waals surface area (Å²) in [7, 11) is 2.09. The number of likely N-dealkylation sites (N-methyl/N-ethyl adjacent to an activating group) is 1. The van der Waals surface area contributed by atoms with E-state index in [0.717, 1.165) is 37.7 Å². The van der Waals surface area contributed by atoms with Gasteiger partial charge in [-0.3, -0.25) is 14.9 Å². The molecule has 1 aliphatic carbocycles. The van der Waals surface area contributed by atoms with E-state index in [1.54, 1.807) is 0 Å². The highest BCUT2D eigenvalue weighted by Gasteiger charge is 2.57. The van der Waals surface area contributed by atoms with Crippen LogP contribution in [0, 0.1) is 0 Å². The van der Waals surface area contributed by atoms with E-state index in [0.29, 0.717) is 6.54 Å². The number of hydrogen-bond acceptors (Lipinski definition) is 4. The maximum atomic E-state index is 12.4. The van der Waals surface area contributed by atoms with E-state index in [-0.39, 0.29) is 11.8 Å². The molecular weight excluding hydrogens is 278 g/mol. The molecule has 0 aromatic heterocycles. The molecule has 1 heterocycles. The van der Waals surface area contributed by atoms with Crippen LogP contribution in [-0.4, -0.2) is 71.3 Å². The van der Waals surface area contributed by atoms with E-state index in [2.05, 4.69) is 29.0 Å². The molecular formula is C17H25N3O2. The standard InChI is InChI=1S/C17H25N3O2/c1-17(12-15(17)14-6-4-3-5-7-14)20(22)16(21)13-19-10-8-18(2)9-11-19/h3-7,15,22H,8-13H2,1-2H3/t15-,17+/m1/s1. The van der Waals surface area contributed by atoms with Crippen molar-refractivity contribution in [3.05, 3.63) is 35.9 Å². The van der Waals surface area contributed by atoms with Crippen LogP contribution < -0.4 is 0 Å². The van der Waals surface area contributed by atoms with Gasteiger partial charge in [-0.2, -0.15) is 0 Å². The third-order valence-electron chi connectivity index (χ3n) is 5.08. The number of rotatable bonds is 4. The van der Waals surface area contributed by atoms with Crippen molar-refractivity contribution in [2.75, 3.05) is 39.8 Å². The summed E-state index contributed by atoms with van der Waals surface area (Å²) in [6.45, 7) is 5.99. The van der Waals surface area contributed by atoms with Gasteiger partial charge in [-0.15, -0.1) is 0 Å². The molecule has 0 spiro atoms. The Morgan fingerprint density at radius 1 is 1.27 bits per heavy atom. The number of piperazine rings is 1. The van der Waals surface area contributed by atoms with Gasteiger partial charge in [0.2, 0.25) is 0 Å². The van der Waals surface area contributed by atoms with Crippen molar-refractivity contribution in [3.63, 3.8) is 0 Å². The maximum absolute atomic E-state index is 12.4. The van der Waals surface area contributed by atoms with E-state index in [1.165, 1.54) is 5.56 Å². The summed E-state index contributed by atoms with van der Waals surface area (Å²) in [6, 6.07) is 10.1. The fourth-order valence-electron chi connectivity index (χ4n) is 3.30. The molecule has 3 rings (SSSR count). The van der Waals surface area contributed by atoms with E-state index in [4.69, 9.17) is 0 Å². The largest absolute Gasteiger partial charge is 0.304 e. The summed E-state index contributed by atoms with van der Waals surface area (Å²) < 4.78 is 0. The Bertz CT molecular complexity index is 528.